The topological polar surface area (TPSA) is 51.2 Å². The second-order valence-corrected chi connectivity index (χ2v) is 7.44. The van der Waals surface area contributed by atoms with Crippen molar-refractivity contribution < 1.29 is 9.53 Å². The first-order valence-corrected chi connectivity index (χ1v) is 10.2. The molecule has 29 heavy (non-hydrogen) atoms. The summed E-state index contributed by atoms with van der Waals surface area (Å²) in [7, 11) is 0. The Labute approximate surface area is 171 Å². The van der Waals surface area contributed by atoms with E-state index in [-0.39, 0.29) is 5.91 Å². The minimum atomic E-state index is 0.0368. The number of nitrogens with zero attached hydrogens (tertiary/aromatic N) is 1. The third-order valence-electron chi connectivity index (χ3n) is 5.50. The summed E-state index contributed by atoms with van der Waals surface area (Å²) in [4.78, 5) is 16.5. The van der Waals surface area contributed by atoms with Crippen LogP contribution in [0.5, 0.6) is 0 Å². The van der Waals surface area contributed by atoms with Gasteiger partial charge >= 0.3 is 0 Å². The second kappa shape index (κ2) is 9.48. The molecule has 2 aromatic carbocycles. The van der Waals surface area contributed by atoms with Crippen molar-refractivity contribution in [2.45, 2.75) is 19.3 Å². The quantitative estimate of drug-likeness (QED) is 0.713. The molecular formula is C25H26N2O2. The first-order valence-electron chi connectivity index (χ1n) is 10.2. The number of nitrogens with one attached hydrogen (secondary N) is 1. The smallest absolute Gasteiger partial charge is 0.251 e. The van der Waals surface area contributed by atoms with Crippen LogP contribution in [0.1, 0.15) is 34.3 Å². The molecule has 0 atom stereocenters. The van der Waals surface area contributed by atoms with E-state index in [1.165, 1.54) is 16.3 Å². The van der Waals surface area contributed by atoms with Crippen LogP contribution >= 0.6 is 0 Å². The lowest BCUT2D eigenvalue weighted by Gasteiger charge is -2.22. The van der Waals surface area contributed by atoms with Crippen LogP contribution in [0.4, 0.5) is 0 Å². The molecule has 2 heterocycles. The zero-order valence-corrected chi connectivity index (χ0v) is 16.5. The molecule has 4 heteroatoms. The van der Waals surface area contributed by atoms with E-state index in [0.717, 1.165) is 50.1 Å². The van der Waals surface area contributed by atoms with Crippen molar-refractivity contribution in [3.8, 4) is 0 Å². The van der Waals surface area contributed by atoms with Crippen LogP contribution in [0, 0.1) is 5.92 Å². The molecule has 4 nitrogen and oxygen atoms in total. The molecule has 0 spiro atoms. The Bertz CT molecular complexity index is 966. The number of benzene rings is 2. The van der Waals surface area contributed by atoms with E-state index in [1.54, 1.807) is 12.4 Å². The summed E-state index contributed by atoms with van der Waals surface area (Å²) in [5.74, 6) is 0.574. The number of pyridine rings is 1. The zero-order valence-electron chi connectivity index (χ0n) is 16.5. The van der Waals surface area contributed by atoms with Gasteiger partial charge in [0.25, 0.3) is 5.91 Å². The molecule has 1 saturated heterocycles. The predicted octanol–water partition coefficient (Wildman–Crippen LogP) is 4.65. The summed E-state index contributed by atoms with van der Waals surface area (Å²) < 4.78 is 5.37. The molecule has 1 N–H and O–H groups in total. The SMILES string of the molecule is O=C(NCC1CCOCC1)c1ccc2cccc3c2c1C=CC3.c1ccncc1. The molecule has 0 radical (unpaired) electrons. The molecule has 1 aliphatic carbocycles. The van der Waals surface area contributed by atoms with Gasteiger partial charge in [-0.05, 0) is 65.3 Å². The van der Waals surface area contributed by atoms with Gasteiger partial charge in [-0.3, -0.25) is 9.78 Å². The van der Waals surface area contributed by atoms with E-state index in [9.17, 15) is 4.79 Å². The highest BCUT2D eigenvalue weighted by atomic mass is 16.5. The average Bonchev–Trinajstić information content (AvgIpc) is 2.80. The van der Waals surface area contributed by atoms with Gasteiger partial charge in [0.1, 0.15) is 0 Å². The lowest BCUT2D eigenvalue weighted by atomic mass is 9.89. The summed E-state index contributed by atoms with van der Waals surface area (Å²) >= 11 is 0. The van der Waals surface area contributed by atoms with E-state index in [0.29, 0.717) is 5.92 Å². The summed E-state index contributed by atoms with van der Waals surface area (Å²) in [5.41, 5.74) is 3.15. The Hall–Kier alpha value is -2.98. The maximum absolute atomic E-state index is 12.7. The maximum atomic E-state index is 12.7. The summed E-state index contributed by atoms with van der Waals surface area (Å²) in [6.45, 7) is 2.37. The van der Waals surface area contributed by atoms with E-state index in [1.807, 2.05) is 24.3 Å². The Morgan fingerprint density at radius 3 is 2.59 bits per heavy atom. The van der Waals surface area contributed by atoms with Crippen LogP contribution in [0.25, 0.3) is 16.8 Å². The van der Waals surface area contributed by atoms with Crippen molar-refractivity contribution >= 4 is 22.8 Å². The molecule has 3 aromatic rings. The number of carbonyl (C=O) groups excluding carboxylic acids is 1. The van der Waals surface area contributed by atoms with E-state index in [2.05, 4.69) is 46.7 Å². The molecule has 0 saturated carbocycles. The molecule has 0 unspecified atom stereocenters. The maximum Gasteiger partial charge on any atom is 0.251 e. The Morgan fingerprint density at radius 1 is 1.03 bits per heavy atom. The van der Waals surface area contributed by atoms with Gasteiger partial charge in [-0.2, -0.15) is 0 Å². The first kappa shape index (κ1) is 19.3. The molecule has 1 amide bonds. The van der Waals surface area contributed by atoms with Gasteiger partial charge < -0.3 is 10.1 Å². The van der Waals surface area contributed by atoms with Gasteiger partial charge in [0, 0.05) is 37.7 Å². The Morgan fingerprint density at radius 2 is 1.86 bits per heavy atom. The van der Waals surface area contributed by atoms with Gasteiger partial charge in [-0.25, -0.2) is 0 Å². The second-order valence-electron chi connectivity index (χ2n) is 7.44. The third kappa shape index (κ3) is 4.72. The lowest BCUT2D eigenvalue weighted by molar-refractivity contribution is 0.0642. The standard InChI is InChI=1S/C20H21NO2.C5H5N/c22-20(21-13-14-9-11-23-12-10-14)18-8-7-16-4-1-3-15-5-2-6-17(18)19(15)16;1-2-4-6-5-3-1/h1-4,6-8,14H,5,9-13H2,(H,21,22);1-5H. The van der Waals surface area contributed by atoms with Gasteiger partial charge in [-0.1, -0.05) is 42.5 Å². The van der Waals surface area contributed by atoms with E-state index >= 15 is 0 Å². The Kier molecular flexibility index (Phi) is 6.32. The van der Waals surface area contributed by atoms with Crippen LogP contribution in [0.15, 0.2) is 67.0 Å². The van der Waals surface area contributed by atoms with Gasteiger partial charge in [0.15, 0.2) is 0 Å². The number of hydrogen-bond donors (Lipinski definition) is 1. The number of aromatic nitrogens is 1. The largest absolute Gasteiger partial charge is 0.381 e. The number of hydrogen-bond acceptors (Lipinski definition) is 3. The number of amides is 1. The fourth-order valence-corrected chi connectivity index (χ4v) is 3.93. The van der Waals surface area contributed by atoms with E-state index < -0.39 is 0 Å². The van der Waals surface area contributed by atoms with Crippen LogP contribution in [0.3, 0.4) is 0 Å². The molecule has 0 bridgehead atoms. The van der Waals surface area contributed by atoms with Gasteiger partial charge in [0.05, 0.1) is 0 Å². The molecule has 1 aromatic heterocycles. The Balaban J connectivity index is 0.000000294. The monoisotopic (exact) mass is 386 g/mol. The van der Waals surface area contributed by atoms with Crippen molar-refractivity contribution in [2.24, 2.45) is 5.92 Å². The lowest BCUT2D eigenvalue weighted by Crippen LogP contribution is -2.32. The first-order chi connectivity index (χ1) is 14.3. The van der Waals surface area contributed by atoms with Crippen molar-refractivity contribution in [3.63, 3.8) is 0 Å². The minimum Gasteiger partial charge on any atom is -0.381 e. The average molecular weight is 386 g/mol. The number of ether oxygens (including phenoxy) is 1. The normalized spacial score (nSPS) is 15.4. The molecule has 148 valence electrons. The molecule has 5 rings (SSSR count). The predicted molar refractivity (Wildman–Crippen MR) is 117 cm³/mol. The highest BCUT2D eigenvalue weighted by molar-refractivity contribution is 6.06. The fraction of sp³-hybridized carbons (Fsp3) is 0.280. The highest BCUT2D eigenvalue weighted by Crippen LogP contribution is 2.31. The molecular weight excluding hydrogens is 360 g/mol. The van der Waals surface area contributed by atoms with Crippen LogP contribution in [0.2, 0.25) is 0 Å². The fourth-order valence-electron chi connectivity index (χ4n) is 3.93. The zero-order chi connectivity index (χ0) is 19.9. The van der Waals surface area contributed by atoms with Crippen LogP contribution in [-0.2, 0) is 11.2 Å². The van der Waals surface area contributed by atoms with Crippen molar-refractivity contribution in [2.75, 3.05) is 19.8 Å². The number of allylic oxidation sites excluding steroid dienone is 1. The molecule has 2 aliphatic rings. The summed E-state index contributed by atoms with van der Waals surface area (Å²) in [5, 5.41) is 5.56. The number of rotatable bonds is 3. The number of carbonyl (C=O) groups is 1. The minimum absolute atomic E-state index is 0.0368. The molecule has 1 aliphatic heterocycles. The molecule has 1 fully saturated rings. The van der Waals surface area contributed by atoms with E-state index in [4.69, 9.17) is 4.74 Å². The van der Waals surface area contributed by atoms with Crippen LogP contribution < -0.4 is 5.32 Å². The highest BCUT2D eigenvalue weighted by Gasteiger charge is 2.19. The van der Waals surface area contributed by atoms with Gasteiger partial charge in [-0.15, -0.1) is 0 Å². The summed E-state index contributed by atoms with van der Waals surface area (Å²) in [6, 6.07) is 16.1. The van der Waals surface area contributed by atoms with Crippen molar-refractivity contribution in [1.29, 1.82) is 0 Å². The third-order valence-corrected chi connectivity index (χ3v) is 5.50. The summed E-state index contributed by atoms with van der Waals surface area (Å²) in [6.07, 6.45) is 10.8. The van der Waals surface area contributed by atoms with Gasteiger partial charge in [0.2, 0.25) is 0 Å². The van der Waals surface area contributed by atoms with Crippen LogP contribution in [-0.4, -0.2) is 30.6 Å². The van der Waals surface area contributed by atoms with Crippen molar-refractivity contribution in [1.82, 2.24) is 10.3 Å². The van der Waals surface area contributed by atoms with Crippen molar-refractivity contribution in [3.05, 3.63) is 83.7 Å².